The molecular weight excluding hydrogens is 374 g/mol. The number of aryl methyl sites for hydroxylation is 1. The molecule has 4 aromatic rings. The fraction of sp³-hybridized carbons (Fsp3) is 0.208. The van der Waals surface area contributed by atoms with E-state index in [0.29, 0.717) is 6.54 Å². The van der Waals surface area contributed by atoms with Gasteiger partial charge in [-0.15, -0.1) is 0 Å². The topological polar surface area (TPSA) is 64.7 Å². The quantitative estimate of drug-likeness (QED) is 0.514. The summed E-state index contributed by atoms with van der Waals surface area (Å²) in [5.41, 5.74) is 4.86. The van der Waals surface area contributed by atoms with Crippen LogP contribution in [0.1, 0.15) is 28.6 Å². The van der Waals surface area contributed by atoms with Gasteiger partial charge in [0.1, 0.15) is 0 Å². The highest BCUT2D eigenvalue weighted by molar-refractivity contribution is 5.79. The largest absolute Gasteiger partial charge is 0.347 e. The molecule has 2 heterocycles. The molecule has 1 N–H and O–H groups in total. The maximum absolute atomic E-state index is 13.0. The summed E-state index contributed by atoms with van der Waals surface area (Å²) >= 11 is 0. The van der Waals surface area contributed by atoms with Crippen molar-refractivity contribution in [1.29, 1.82) is 0 Å². The average Bonchev–Trinajstić information content (AvgIpc) is 3.38. The highest BCUT2D eigenvalue weighted by Crippen LogP contribution is 2.20. The highest BCUT2D eigenvalue weighted by atomic mass is 16.1. The van der Waals surface area contributed by atoms with Crippen LogP contribution in [0.2, 0.25) is 0 Å². The van der Waals surface area contributed by atoms with Crippen LogP contribution >= 0.6 is 0 Å². The van der Waals surface area contributed by atoms with Crippen LogP contribution in [0.15, 0.2) is 79.1 Å². The van der Waals surface area contributed by atoms with Crippen LogP contribution in [-0.2, 0) is 17.8 Å². The van der Waals surface area contributed by atoms with Gasteiger partial charge >= 0.3 is 0 Å². The Morgan fingerprint density at radius 3 is 2.37 bits per heavy atom. The number of aromatic nitrogens is 4. The Bertz CT molecular complexity index is 1100. The normalized spacial score (nSPS) is 11.9. The van der Waals surface area contributed by atoms with Crippen LogP contribution in [0.4, 0.5) is 0 Å². The third kappa shape index (κ3) is 4.33. The van der Waals surface area contributed by atoms with E-state index in [4.69, 9.17) is 0 Å². The van der Waals surface area contributed by atoms with Crippen LogP contribution in [-0.4, -0.2) is 25.5 Å². The molecule has 4 rings (SSSR count). The van der Waals surface area contributed by atoms with Gasteiger partial charge in [0, 0.05) is 23.7 Å². The first-order valence-corrected chi connectivity index (χ1v) is 10.0. The van der Waals surface area contributed by atoms with E-state index in [-0.39, 0.29) is 18.4 Å². The lowest BCUT2D eigenvalue weighted by Gasteiger charge is -2.19. The summed E-state index contributed by atoms with van der Waals surface area (Å²) in [6.45, 7) is 4.53. The zero-order chi connectivity index (χ0) is 20.9. The highest BCUT2D eigenvalue weighted by Gasteiger charge is 2.19. The van der Waals surface area contributed by atoms with E-state index in [1.807, 2.05) is 96.1 Å². The van der Waals surface area contributed by atoms with Gasteiger partial charge in [-0.1, -0.05) is 48.5 Å². The molecule has 30 heavy (non-hydrogen) atoms. The minimum absolute atomic E-state index is 0.0326. The molecule has 2 aromatic carbocycles. The number of benzene rings is 2. The van der Waals surface area contributed by atoms with Crippen molar-refractivity contribution in [3.63, 3.8) is 0 Å². The Balaban J connectivity index is 1.53. The van der Waals surface area contributed by atoms with Crippen molar-refractivity contribution in [2.24, 2.45) is 0 Å². The van der Waals surface area contributed by atoms with Gasteiger partial charge in [0.05, 0.1) is 30.4 Å². The molecule has 6 nitrogen and oxygen atoms in total. The van der Waals surface area contributed by atoms with Crippen molar-refractivity contribution in [3.05, 3.63) is 102 Å². The van der Waals surface area contributed by atoms with Gasteiger partial charge in [-0.3, -0.25) is 9.48 Å². The second kappa shape index (κ2) is 8.78. The summed E-state index contributed by atoms with van der Waals surface area (Å²) in [7, 11) is 0. The maximum Gasteiger partial charge on any atom is 0.225 e. The van der Waals surface area contributed by atoms with Crippen molar-refractivity contribution in [3.8, 4) is 5.69 Å². The molecule has 0 aliphatic rings. The summed E-state index contributed by atoms with van der Waals surface area (Å²) < 4.78 is 3.73. The minimum atomic E-state index is -0.164. The summed E-state index contributed by atoms with van der Waals surface area (Å²) in [5.74, 6) is -0.0326. The van der Waals surface area contributed by atoms with Crippen LogP contribution in [0.5, 0.6) is 0 Å². The third-order valence-corrected chi connectivity index (χ3v) is 5.25. The molecule has 0 fully saturated rings. The Morgan fingerprint density at radius 2 is 1.70 bits per heavy atom. The van der Waals surface area contributed by atoms with E-state index in [1.54, 1.807) is 6.20 Å². The Morgan fingerprint density at radius 1 is 1.00 bits per heavy atom. The van der Waals surface area contributed by atoms with E-state index in [9.17, 15) is 4.79 Å². The first-order valence-electron chi connectivity index (χ1n) is 10.0. The predicted octanol–water partition coefficient (Wildman–Crippen LogP) is 3.79. The number of nitrogens with one attached hydrogen (secondary N) is 1. The zero-order valence-electron chi connectivity index (χ0n) is 17.2. The van der Waals surface area contributed by atoms with Crippen molar-refractivity contribution >= 4 is 5.91 Å². The number of hydrogen-bond donors (Lipinski definition) is 1. The zero-order valence-corrected chi connectivity index (χ0v) is 17.2. The van der Waals surface area contributed by atoms with E-state index in [1.165, 1.54) is 0 Å². The number of hydrogen-bond acceptors (Lipinski definition) is 3. The number of carbonyl (C=O) groups excluding carboxylic acids is 1. The van der Waals surface area contributed by atoms with Gasteiger partial charge < -0.3 is 5.32 Å². The number of para-hydroxylation sites is 1. The Hall–Kier alpha value is -3.67. The number of nitrogens with zero attached hydrogens (tertiary/aromatic N) is 4. The van der Waals surface area contributed by atoms with E-state index >= 15 is 0 Å². The van der Waals surface area contributed by atoms with Gasteiger partial charge in [-0.2, -0.15) is 10.2 Å². The molecule has 1 amide bonds. The fourth-order valence-corrected chi connectivity index (χ4v) is 3.67. The molecule has 6 heteroatoms. The van der Waals surface area contributed by atoms with Crippen LogP contribution in [0.3, 0.4) is 0 Å². The second-order valence-corrected chi connectivity index (χ2v) is 7.33. The summed E-state index contributed by atoms with van der Waals surface area (Å²) in [6.07, 6.45) is 3.93. The lowest BCUT2D eigenvalue weighted by Crippen LogP contribution is -2.33. The first kappa shape index (κ1) is 19.6. The van der Waals surface area contributed by atoms with Crippen molar-refractivity contribution in [2.75, 3.05) is 0 Å². The van der Waals surface area contributed by atoms with Crippen molar-refractivity contribution < 1.29 is 4.79 Å². The predicted molar refractivity (Wildman–Crippen MR) is 116 cm³/mol. The van der Waals surface area contributed by atoms with Gasteiger partial charge in [0.15, 0.2) is 0 Å². The van der Waals surface area contributed by atoms with E-state index in [2.05, 4.69) is 15.5 Å². The van der Waals surface area contributed by atoms with Crippen LogP contribution < -0.4 is 5.32 Å². The van der Waals surface area contributed by atoms with E-state index < -0.39 is 0 Å². The first-order chi connectivity index (χ1) is 14.6. The van der Waals surface area contributed by atoms with Crippen molar-refractivity contribution in [2.45, 2.75) is 32.9 Å². The molecule has 0 saturated carbocycles. The lowest BCUT2D eigenvalue weighted by atomic mass is 10.1. The maximum atomic E-state index is 13.0. The molecule has 0 aliphatic heterocycles. The fourth-order valence-electron chi connectivity index (χ4n) is 3.67. The second-order valence-electron chi connectivity index (χ2n) is 7.33. The lowest BCUT2D eigenvalue weighted by molar-refractivity contribution is -0.121. The molecule has 0 bridgehead atoms. The van der Waals surface area contributed by atoms with E-state index in [0.717, 1.165) is 28.2 Å². The molecule has 2 aromatic heterocycles. The van der Waals surface area contributed by atoms with Crippen molar-refractivity contribution in [1.82, 2.24) is 24.9 Å². The third-order valence-electron chi connectivity index (χ3n) is 5.25. The average molecular weight is 399 g/mol. The van der Waals surface area contributed by atoms with Crippen LogP contribution in [0, 0.1) is 13.8 Å². The Kier molecular flexibility index (Phi) is 5.75. The molecule has 0 aliphatic carbocycles. The van der Waals surface area contributed by atoms with Gasteiger partial charge in [0.2, 0.25) is 5.91 Å². The molecule has 0 spiro atoms. The molecule has 1 atom stereocenters. The smallest absolute Gasteiger partial charge is 0.225 e. The summed E-state index contributed by atoms with van der Waals surface area (Å²) in [4.78, 5) is 13.0. The molecule has 152 valence electrons. The monoisotopic (exact) mass is 399 g/mol. The van der Waals surface area contributed by atoms with Gasteiger partial charge in [0.25, 0.3) is 0 Å². The summed E-state index contributed by atoms with van der Waals surface area (Å²) in [5, 5.41) is 12.1. The minimum Gasteiger partial charge on any atom is -0.347 e. The molecular formula is C24H25N5O. The number of rotatable bonds is 7. The SMILES string of the molecule is Cc1nn(-c2ccccc2)c(C)c1CC(=O)NC(Cn1cccn1)c1ccccc1. The number of amides is 1. The van der Waals surface area contributed by atoms with Gasteiger partial charge in [-0.05, 0) is 37.6 Å². The Labute approximate surface area is 176 Å². The standard InChI is InChI=1S/C24H25N5O/c1-18-22(19(2)29(27-18)21-12-7-4-8-13-21)16-24(30)26-23(17-28-15-9-14-25-28)20-10-5-3-6-11-20/h3-15,23H,16-17H2,1-2H3,(H,26,30). The summed E-state index contributed by atoms with van der Waals surface area (Å²) in [6, 6.07) is 21.7. The van der Waals surface area contributed by atoms with Gasteiger partial charge in [-0.25, -0.2) is 4.68 Å². The van der Waals surface area contributed by atoms with Crippen LogP contribution in [0.25, 0.3) is 5.69 Å². The molecule has 0 saturated heterocycles. The number of carbonyl (C=O) groups is 1. The molecule has 0 radical (unpaired) electrons. The molecule has 1 unspecified atom stereocenters.